The number of hydrogen-bond donors (Lipinski definition) is 4. The Morgan fingerprint density at radius 3 is 2.19 bits per heavy atom. The van der Waals surface area contributed by atoms with Crippen molar-refractivity contribution in [3.05, 3.63) is 74.4 Å². The molecule has 10 nitrogen and oxygen atoms in total. The van der Waals surface area contributed by atoms with Gasteiger partial charge in [-0.1, -0.05) is 125 Å². The number of nitrogens with zero attached hydrogens (tertiary/aromatic N) is 2. The van der Waals surface area contributed by atoms with Crippen molar-refractivity contribution < 1.29 is 24.5 Å². The number of H-pyrrole nitrogens is 1. The van der Waals surface area contributed by atoms with E-state index in [-0.39, 0.29) is 16.5 Å². The molecule has 58 heavy (non-hydrogen) atoms. The predicted octanol–water partition coefficient (Wildman–Crippen LogP) is 10.0. The van der Waals surface area contributed by atoms with E-state index in [4.69, 9.17) is 21.4 Å². The lowest BCUT2D eigenvalue weighted by Crippen LogP contribution is -2.42. The molecule has 0 saturated carbocycles. The van der Waals surface area contributed by atoms with E-state index in [0.717, 1.165) is 72.5 Å². The average molecular weight is 846 g/mol. The number of aromatic amines is 1. The third-order valence-corrected chi connectivity index (χ3v) is 11.4. The second-order valence-corrected chi connectivity index (χ2v) is 16.3. The normalized spacial score (nSPS) is 11.4. The lowest BCUT2D eigenvalue weighted by molar-refractivity contribution is -0.137. The number of thiazole rings is 1. The molecule has 0 aliphatic rings. The molecule has 1 aromatic heterocycles. The summed E-state index contributed by atoms with van der Waals surface area (Å²) >= 11 is 7.15. The Kier molecular flexibility index (Phi) is 28.6. The number of ether oxygens (including phenoxy) is 1. The first kappa shape index (κ1) is 50.9. The summed E-state index contributed by atoms with van der Waals surface area (Å²) in [7, 11) is 0. The number of hydrogen-bond acceptors (Lipinski definition) is 8. The zero-order valence-electron chi connectivity index (χ0n) is 35.7. The van der Waals surface area contributed by atoms with Gasteiger partial charge >= 0.3 is 10.8 Å². The van der Waals surface area contributed by atoms with E-state index in [0.29, 0.717) is 62.8 Å². The fraction of sp³-hybridized carbons (Fsp3) is 0.630. The Hall–Kier alpha value is -3.22. The van der Waals surface area contributed by atoms with Crippen LogP contribution in [0.4, 0.5) is 0 Å². The number of phenols is 1. The summed E-state index contributed by atoms with van der Waals surface area (Å²) < 4.78 is 6.54. The maximum atomic E-state index is 13.0. The molecule has 0 saturated heterocycles. The Balaban J connectivity index is 0.000000492. The van der Waals surface area contributed by atoms with E-state index < -0.39 is 5.97 Å². The lowest BCUT2D eigenvalue weighted by Gasteiger charge is -2.27. The molecular formula is C46H73ClN4O6S. The van der Waals surface area contributed by atoms with Crippen molar-refractivity contribution >= 4 is 45.0 Å². The monoisotopic (exact) mass is 844 g/mol. The highest BCUT2D eigenvalue weighted by molar-refractivity contribution is 7.16. The third kappa shape index (κ3) is 23.4. The number of carbonyl (C=O) groups is 2. The first-order valence-corrected chi connectivity index (χ1v) is 23.1. The SMILES string of the molecule is CCCCCCCC/C=C\CCCCCCCC(=O)O.CCN(CC)CCN(CCNCCc1ccc(O)c2[nH]c(=O)sc12)C(=O)CCOCCc1cccc(Cl)c1. The van der Waals surface area contributed by atoms with Crippen LogP contribution in [0.5, 0.6) is 5.75 Å². The molecule has 0 aliphatic carbocycles. The Morgan fingerprint density at radius 1 is 0.828 bits per heavy atom. The molecule has 12 heteroatoms. The molecule has 0 bridgehead atoms. The van der Waals surface area contributed by atoms with Gasteiger partial charge in [0.15, 0.2) is 0 Å². The minimum absolute atomic E-state index is 0.0888. The number of fused-ring (bicyclic) bond motifs is 1. The van der Waals surface area contributed by atoms with E-state index in [2.05, 4.69) is 48.1 Å². The number of halogens is 1. The first-order valence-electron chi connectivity index (χ1n) is 21.9. The van der Waals surface area contributed by atoms with E-state index in [1.807, 2.05) is 35.2 Å². The number of carboxylic acids is 1. The molecule has 0 aliphatic heterocycles. The maximum Gasteiger partial charge on any atom is 0.305 e. The minimum atomic E-state index is -0.664. The molecule has 1 amide bonds. The topological polar surface area (TPSA) is 135 Å². The number of allylic oxidation sites excluding steroid dienone is 2. The first-order chi connectivity index (χ1) is 28.2. The summed E-state index contributed by atoms with van der Waals surface area (Å²) in [5.74, 6) is -0.479. The number of phenolic OH excluding ortho intramolecular Hbond substituents is 1. The van der Waals surface area contributed by atoms with Crippen LogP contribution in [0.25, 0.3) is 10.2 Å². The summed E-state index contributed by atoms with van der Waals surface area (Å²) in [6.45, 7) is 12.9. The molecule has 0 spiro atoms. The number of aromatic nitrogens is 1. The van der Waals surface area contributed by atoms with E-state index in [1.54, 1.807) is 6.07 Å². The van der Waals surface area contributed by atoms with Crippen molar-refractivity contribution in [2.24, 2.45) is 0 Å². The van der Waals surface area contributed by atoms with E-state index >= 15 is 0 Å². The maximum absolute atomic E-state index is 13.0. The van der Waals surface area contributed by atoms with Crippen LogP contribution in [0.2, 0.25) is 5.02 Å². The van der Waals surface area contributed by atoms with Crippen molar-refractivity contribution in [3.63, 3.8) is 0 Å². The third-order valence-electron chi connectivity index (χ3n) is 10.2. The van der Waals surface area contributed by atoms with Gasteiger partial charge in [0.2, 0.25) is 5.91 Å². The van der Waals surface area contributed by atoms with Gasteiger partial charge in [0.1, 0.15) is 11.3 Å². The summed E-state index contributed by atoms with van der Waals surface area (Å²) in [6, 6.07) is 11.2. The van der Waals surface area contributed by atoms with E-state index in [1.165, 1.54) is 70.6 Å². The standard InChI is InChI=1S/C28H39ClN4O4S.C18H34O2/c1-3-32(4-2)16-17-33(25(35)12-19-37-18-11-21-6-5-7-23(29)20-21)15-14-30-13-10-22-8-9-24(34)26-27(22)38-28(36)31-26;1-2-3-4-5-6-7-8-9-10-11-12-13-14-15-16-17-18(19)20/h5-9,20,30,34H,3-4,10-19H2,1-2H3,(H,31,36);9-10H,2-8,11-17H2,1H3,(H,19,20)/b;10-9-. The van der Waals surface area contributed by atoms with Gasteiger partial charge in [-0.25, -0.2) is 0 Å². The van der Waals surface area contributed by atoms with Gasteiger partial charge in [-0.05, 0) is 93.9 Å². The molecule has 3 rings (SSSR count). The summed E-state index contributed by atoms with van der Waals surface area (Å²) in [4.78, 5) is 41.8. The second kappa shape index (κ2) is 32.6. The zero-order chi connectivity index (χ0) is 42.2. The fourth-order valence-electron chi connectivity index (χ4n) is 6.64. The molecule has 2 aromatic carbocycles. The van der Waals surface area contributed by atoms with Crippen molar-refractivity contribution in [1.29, 1.82) is 0 Å². The Morgan fingerprint density at radius 2 is 1.52 bits per heavy atom. The van der Waals surface area contributed by atoms with Gasteiger partial charge in [0, 0.05) is 37.6 Å². The summed E-state index contributed by atoms with van der Waals surface area (Å²) in [5.41, 5.74) is 2.63. The average Bonchev–Trinajstić information content (AvgIpc) is 3.62. The number of nitrogens with one attached hydrogen (secondary N) is 2. The van der Waals surface area contributed by atoms with Gasteiger partial charge in [-0.15, -0.1) is 0 Å². The van der Waals surface area contributed by atoms with E-state index in [9.17, 15) is 19.5 Å². The second-order valence-electron chi connectivity index (χ2n) is 14.8. The van der Waals surface area contributed by atoms with Crippen LogP contribution in [0.15, 0.2) is 53.3 Å². The number of aromatic hydroxyl groups is 1. The van der Waals surface area contributed by atoms with Crippen LogP contribution in [-0.4, -0.2) is 95.9 Å². The summed E-state index contributed by atoms with van der Waals surface area (Å²) in [6.07, 6.45) is 23.1. The van der Waals surface area contributed by atoms with Gasteiger partial charge < -0.3 is 35.1 Å². The highest BCUT2D eigenvalue weighted by atomic mass is 35.5. The highest BCUT2D eigenvalue weighted by Gasteiger charge is 2.15. The molecule has 0 unspecified atom stereocenters. The largest absolute Gasteiger partial charge is 0.506 e. The van der Waals surface area contributed by atoms with Crippen LogP contribution in [0, 0.1) is 0 Å². The van der Waals surface area contributed by atoms with Gasteiger partial charge in [0.05, 0.1) is 24.3 Å². The molecule has 0 atom stereocenters. The number of likely N-dealkylation sites (N-methyl/N-ethyl adjacent to an activating group) is 1. The molecule has 4 N–H and O–H groups in total. The van der Waals surface area contributed by atoms with Crippen LogP contribution in [0.1, 0.15) is 128 Å². The molecule has 326 valence electrons. The van der Waals surface area contributed by atoms with Crippen molar-refractivity contribution in [3.8, 4) is 5.75 Å². The number of aliphatic carboxylic acids is 1. The lowest BCUT2D eigenvalue weighted by atomic mass is 10.1. The van der Waals surface area contributed by atoms with Crippen molar-refractivity contribution in [2.45, 2.75) is 130 Å². The molecule has 0 fully saturated rings. The highest BCUT2D eigenvalue weighted by Crippen LogP contribution is 2.27. The number of carboxylic acid groups (broad SMARTS) is 1. The molecule has 3 aromatic rings. The number of rotatable bonds is 32. The van der Waals surface area contributed by atoms with Crippen LogP contribution in [-0.2, 0) is 27.2 Å². The number of carbonyl (C=O) groups excluding carboxylic acids is 1. The number of benzene rings is 2. The van der Waals surface area contributed by atoms with Gasteiger partial charge in [-0.3, -0.25) is 14.4 Å². The predicted molar refractivity (Wildman–Crippen MR) is 243 cm³/mol. The Bertz CT molecular complexity index is 1620. The van der Waals surface area contributed by atoms with Gasteiger partial charge in [-0.2, -0.15) is 0 Å². The van der Waals surface area contributed by atoms with Crippen LogP contribution >= 0.6 is 22.9 Å². The number of amides is 1. The zero-order valence-corrected chi connectivity index (χ0v) is 37.3. The smallest absolute Gasteiger partial charge is 0.305 e. The fourth-order valence-corrected chi connectivity index (χ4v) is 7.75. The van der Waals surface area contributed by atoms with Gasteiger partial charge in [0.25, 0.3) is 0 Å². The van der Waals surface area contributed by atoms with Crippen LogP contribution in [0.3, 0.4) is 0 Å². The minimum Gasteiger partial charge on any atom is -0.506 e. The van der Waals surface area contributed by atoms with Crippen molar-refractivity contribution in [2.75, 3.05) is 59.0 Å². The summed E-state index contributed by atoms with van der Waals surface area (Å²) in [5, 5.41) is 22.6. The van der Waals surface area contributed by atoms with Crippen LogP contribution < -0.4 is 10.2 Å². The molecule has 0 radical (unpaired) electrons. The quantitative estimate of drug-likeness (QED) is 0.0361. The van der Waals surface area contributed by atoms with Crippen molar-refractivity contribution in [1.82, 2.24) is 20.1 Å². The molecule has 1 heterocycles. The Labute approximate surface area is 357 Å². The number of unbranched alkanes of at least 4 members (excludes halogenated alkanes) is 11. The molecular weight excluding hydrogens is 772 g/mol.